The number of pyridine rings is 1. The second-order valence-corrected chi connectivity index (χ2v) is 12.1. The minimum atomic E-state index is -0.608. The summed E-state index contributed by atoms with van der Waals surface area (Å²) in [5.74, 6) is 0.917. The average Bonchev–Trinajstić information content (AvgIpc) is 3.43. The summed E-state index contributed by atoms with van der Waals surface area (Å²) in [4.78, 5) is 39.7. The van der Waals surface area contributed by atoms with E-state index >= 15 is 0 Å². The molecule has 2 amide bonds. The predicted molar refractivity (Wildman–Crippen MR) is 134 cm³/mol. The molecule has 0 bridgehead atoms. The van der Waals surface area contributed by atoms with Crippen molar-refractivity contribution >= 4 is 23.0 Å². The van der Waals surface area contributed by atoms with E-state index in [-0.39, 0.29) is 34.7 Å². The lowest BCUT2D eigenvalue weighted by atomic mass is 9.47. The predicted octanol–water partition coefficient (Wildman–Crippen LogP) is 4.69. The van der Waals surface area contributed by atoms with Gasteiger partial charge in [0, 0.05) is 30.6 Å². The molecule has 192 valence electrons. The number of hydrogen-bond donors (Lipinski definition) is 2. The highest BCUT2D eigenvalue weighted by molar-refractivity contribution is 5.92. The van der Waals surface area contributed by atoms with Gasteiger partial charge in [-0.3, -0.25) is 9.59 Å². The molecule has 0 spiro atoms. The van der Waals surface area contributed by atoms with Crippen molar-refractivity contribution in [2.24, 2.45) is 34.5 Å². The van der Waals surface area contributed by atoms with E-state index in [1.54, 1.807) is 24.2 Å². The van der Waals surface area contributed by atoms with E-state index in [1.807, 2.05) is 19.1 Å². The standard InChI is InChI=1S/C28H36FN5O2/c1-15(23-32-21-6-5-13-30-24(21)33-23)31-25(35)19-9-8-17-16-7-10-22-28(3,14-20(29)26(36)34(22)4)18(16)11-12-27(17,19)2/h5-6,13-19,22H,7-12H2,1-4H3,(H,31,35)(H,30,32,33)/t15?,16-,17-,18-,19+,22+,27-,28+/m0/s1. The quantitative estimate of drug-likeness (QED) is 0.649. The minimum absolute atomic E-state index is 0.0400. The Morgan fingerprint density at radius 1 is 1.22 bits per heavy atom. The molecule has 3 heterocycles. The van der Waals surface area contributed by atoms with Gasteiger partial charge in [0.15, 0.2) is 11.5 Å². The number of fused-ring (bicyclic) bond motifs is 6. The van der Waals surface area contributed by atoms with Crippen LogP contribution in [0.25, 0.3) is 11.2 Å². The number of hydrogen-bond acceptors (Lipinski definition) is 4. The number of carbonyl (C=O) groups is 2. The van der Waals surface area contributed by atoms with Crippen LogP contribution in [0.3, 0.4) is 0 Å². The Balaban J connectivity index is 1.21. The zero-order valence-electron chi connectivity index (χ0n) is 21.6. The number of carbonyl (C=O) groups excluding carboxylic acids is 2. The van der Waals surface area contributed by atoms with Crippen LogP contribution in [0, 0.1) is 34.5 Å². The van der Waals surface area contributed by atoms with Crippen molar-refractivity contribution in [3.05, 3.63) is 36.1 Å². The first-order valence-electron chi connectivity index (χ1n) is 13.4. The topological polar surface area (TPSA) is 91.0 Å². The number of nitrogens with zero attached hydrogens (tertiary/aromatic N) is 3. The summed E-state index contributed by atoms with van der Waals surface area (Å²) in [6.45, 7) is 6.43. The van der Waals surface area contributed by atoms with Gasteiger partial charge in [-0.05, 0) is 86.8 Å². The van der Waals surface area contributed by atoms with Gasteiger partial charge in [0.1, 0.15) is 11.3 Å². The van der Waals surface area contributed by atoms with Crippen LogP contribution in [0.1, 0.15) is 71.2 Å². The van der Waals surface area contributed by atoms with Gasteiger partial charge in [-0.2, -0.15) is 0 Å². The van der Waals surface area contributed by atoms with Gasteiger partial charge < -0.3 is 15.2 Å². The van der Waals surface area contributed by atoms with Crippen LogP contribution < -0.4 is 5.32 Å². The van der Waals surface area contributed by atoms with Crippen molar-refractivity contribution in [1.29, 1.82) is 0 Å². The average molecular weight is 494 g/mol. The number of amides is 2. The zero-order valence-corrected chi connectivity index (χ0v) is 21.6. The van der Waals surface area contributed by atoms with Crippen LogP contribution >= 0.6 is 0 Å². The highest BCUT2D eigenvalue weighted by Crippen LogP contribution is 2.65. The van der Waals surface area contributed by atoms with Gasteiger partial charge in [-0.15, -0.1) is 0 Å². The van der Waals surface area contributed by atoms with Crippen LogP contribution in [0.4, 0.5) is 4.39 Å². The van der Waals surface area contributed by atoms with E-state index in [0.717, 1.165) is 55.5 Å². The number of aromatic nitrogens is 3. The van der Waals surface area contributed by atoms with Crippen LogP contribution in [0.5, 0.6) is 0 Å². The Hall–Kier alpha value is -2.77. The SMILES string of the molecule is CC(NC(=O)[C@H]1CC[C@H]2[C@@H]3CC[C@H]4N(C)C(=O)C(F)=C[C@]4(C)[C@H]3CC[C@]12C)c1nc2cccnc2[nH]1. The summed E-state index contributed by atoms with van der Waals surface area (Å²) < 4.78 is 14.6. The van der Waals surface area contributed by atoms with Gasteiger partial charge in [-0.1, -0.05) is 13.8 Å². The molecule has 6 rings (SSSR count). The first kappa shape index (κ1) is 23.6. The van der Waals surface area contributed by atoms with Crippen LogP contribution in [-0.4, -0.2) is 44.8 Å². The van der Waals surface area contributed by atoms with E-state index in [4.69, 9.17) is 0 Å². The first-order valence-corrected chi connectivity index (χ1v) is 13.4. The minimum Gasteiger partial charge on any atom is -0.346 e. The van der Waals surface area contributed by atoms with Crippen LogP contribution in [0.15, 0.2) is 30.2 Å². The molecular weight excluding hydrogens is 457 g/mol. The maximum absolute atomic E-state index is 14.6. The number of imidazole rings is 1. The van der Waals surface area contributed by atoms with E-state index in [1.165, 1.54) is 0 Å². The number of halogens is 1. The summed E-state index contributed by atoms with van der Waals surface area (Å²) >= 11 is 0. The molecule has 7 nitrogen and oxygen atoms in total. The molecule has 2 N–H and O–H groups in total. The number of nitrogens with one attached hydrogen (secondary N) is 2. The molecule has 36 heavy (non-hydrogen) atoms. The Labute approximate surface area is 211 Å². The summed E-state index contributed by atoms with van der Waals surface area (Å²) in [7, 11) is 1.75. The summed E-state index contributed by atoms with van der Waals surface area (Å²) in [5.41, 5.74) is 1.11. The molecule has 1 unspecified atom stereocenters. The molecule has 3 aliphatic carbocycles. The smallest absolute Gasteiger partial charge is 0.282 e. The first-order chi connectivity index (χ1) is 17.1. The van der Waals surface area contributed by atoms with Crippen LogP contribution in [0.2, 0.25) is 0 Å². The fourth-order valence-corrected chi connectivity index (χ4v) is 8.71. The largest absolute Gasteiger partial charge is 0.346 e. The van der Waals surface area contributed by atoms with Gasteiger partial charge in [0.2, 0.25) is 5.91 Å². The second-order valence-electron chi connectivity index (χ2n) is 12.1. The van der Waals surface area contributed by atoms with Gasteiger partial charge >= 0.3 is 0 Å². The Kier molecular flexibility index (Phi) is 5.33. The van der Waals surface area contributed by atoms with E-state index in [0.29, 0.717) is 17.8 Å². The van der Waals surface area contributed by atoms with Crippen molar-refractivity contribution in [3.8, 4) is 0 Å². The molecular formula is C28H36FN5O2. The van der Waals surface area contributed by atoms with E-state index in [2.05, 4.69) is 34.1 Å². The molecule has 4 aliphatic rings. The lowest BCUT2D eigenvalue weighted by Gasteiger charge is -2.60. The van der Waals surface area contributed by atoms with Crippen molar-refractivity contribution in [2.45, 2.75) is 71.4 Å². The normalized spacial score (nSPS) is 38.7. The molecule has 8 atom stereocenters. The fraction of sp³-hybridized carbons (Fsp3) is 0.643. The van der Waals surface area contributed by atoms with Crippen molar-refractivity contribution in [1.82, 2.24) is 25.2 Å². The lowest BCUT2D eigenvalue weighted by molar-refractivity contribution is -0.145. The van der Waals surface area contributed by atoms with Crippen molar-refractivity contribution < 1.29 is 14.0 Å². The molecule has 3 saturated carbocycles. The molecule has 0 saturated heterocycles. The second kappa shape index (κ2) is 8.12. The highest BCUT2D eigenvalue weighted by Gasteiger charge is 2.62. The Morgan fingerprint density at radius 3 is 2.81 bits per heavy atom. The number of aromatic amines is 1. The summed E-state index contributed by atoms with van der Waals surface area (Å²) in [6, 6.07) is 3.58. The molecule has 0 aromatic carbocycles. The van der Waals surface area contributed by atoms with Gasteiger partial charge in [0.25, 0.3) is 5.91 Å². The third-order valence-electron chi connectivity index (χ3n) is 10.5. The monoisotopic (exact) mass is 493 g/mol. The number of likely N-dealkylation sites (N-methyl/N-ethyl adjacent to an activating group) is 1. The Morgan fingerprint density at radius 2 is 2.03 bits per heavy atom. The van der Waals surface area contributed by atoms with Crippen LogP contribution in [-0.2, 0) is 9.59 Å². The van der Waals surface area contributed by atoms with Gasteiger partial charge in [-0.25, -0.2) is 14.4 Å². The molecule has 2 aromatic heterocycles. The fourth-order valence-electron chi connectivity index (χ4n) is 8.71. The van der Waals surface area contributed by atoms with Gasteiger partial charge in [0.05, 0.1) is 6.04 Å². The third kappa shape index (κ3) is 3.28. The molecule has 0 radical (unpaired) electrons. The van der Waals surface area contributed by atoms with Crippen molar-refractivity contribution in [3.63, 3.8) is 0 Å². The molecule has 2 aromatic rings. The molecule has 1 aliphatic heterocycles. The van der Waals surface area contributed by atoms with Crippen molar-refractivity contribution in [2.75, 3.05) is 7.05 Å². The third-order valence-corrected chi connectivity index (χ3v) is 10.5. The van der Waals surface area contributed by atoms with E-state index < -0.39 is 11.7 Å². The zero-order chi connectivity index (χ0) is 25.4. The molecule has 3 fully saturated rings. The maximum Gasteiger partial charge on any atom is 0.282 e. The lowest BCUT2D eigenvalue weighted by Crippen LogP contribution is -2.60. The number of H-pyrrole nitrogens is 1. The number of rotatable bonds is 3. The molecule has 8 heteroatoms. The Bertz CT molecular complexity index is 1220. The van der Waals surface area contributed by atoms with E-state index in [9.17, 15) is 14.0 Å². The maximum atomic E-state index is 14.6. The summed E-state index contributed by atoms with van der Waals surface area (Å²) in [6.07, 6.45) is 9.13. The summed E-state index contributed by atoms with van der Waals surface area (Å²) in [5, 5.41) is 3.23. The highest BCUT2D eigenvalue weighted by atomic mass is 19.1.